The lowest BCUT2D eigenvalue weighted by atomic mass is 10.0. The first-order valence-corrected chi connectivity index (χ1v) is 6.49. The number of aliphatic hydroxyl groups is 1. The first-order chi connectivity index (χ1) is 8.81. The van der Waals surface area contributed by atoms with Gasteiger partial charge < -0.3 is 19.7 Å². The van der Waals surface area contributed by atoms with Crippen LogP contribution in [0, 0.1) is 0 Å². The summed E-state index contributed by atoms with van der Waals surface area (Å²) in [5.74, 6) is 0.749. The van der Waals surface area contributed by atoms with Crippen molar-refractivity contribution in [2.45, 2.75) is 38.3 Å². The Hall–Kier alpha value is -1.49. The summed E-state index contributed by atoms with van der Waals surface area (Å²) < 4.78 is 5.17. The standard InChI is InChI=1S/C13H20N2O3/c16-8-6-11-4-1-2-7-15(11)13(17)14-10-12-5-3-9-18-12/h3,5,9,11,16H,1-2,4,6-8,10H2,(H,14,17). The summed E-state index contributed by atoms with van der Waals surface area (Å²) >= 11 is 0. The molecule has 1 aromatic rings. The van der Waals surface area contributed by atoms with E-state index in [1.54, 1.807) is 12.3 Å². The molecule has 1 atom stereocenters. The number of aliphatic hydroxyl groups excluding tert-OH is 1. The van der Waals surface area contributed by atoms with Crippen molar-refractivity contribution < 1.29 is 14.3 Å². The van der Waals surface area contributed by atoms with E-state index in [0.29, 0.717) is 13.0 Å². The number of likely N-dealkylation sites (tertiary alicyclic amines) is 1. The predicted molar refractivity (Wildman–Crippen MR) is 67.0 cm³/mol. The maximum Gasteiger partial charge on any atom is 0.318 e. The number of hydrogen-bond donors (Lipinski definition) is 2. The lowest BCUT2D eigenvalue weighted by molar-refractivity contribution is 0.131. The number of nitrogens with one attached hydrogen (secondary N) is 1. The highest BCUT2D eigenvalue weighted by molar-refractivity contribution is 5.74. The van der Waals surface area contributed by atoms with Gasteiger partial charge in [0.15, 0.2) is 0 Å². The van der Waals surface area contributed by atoms with Crippen LogP contribution < -0.4 is 5.32 Å². The van der Waals surface area contributed by atoms with E-state index in [2.05, 4.69) is 5.32 Å². The lowest BCUT2D eigenvalue weighted by Crippen LogP contribution is -2.48. The van der Waals surface area contributed by atoms with Crippen molar-refractivity contribution >= 4 is 6.03 Å². The Kier molecular flexibility index (Phi) is 4.64. The number of furan rings is 1. The van der Waals surface area contributed by atoms with Crippen molar-refractivity contribution in [3.05, 3.63) is 24.2 Å². The van der Waals surface area contributed by atoms with Gasteiger partial charge in [-0.3, -0.25) is 0 Å². The molecule has 0 saturated carbocycles. The van der Waals surface area contributed by atoms with Gasteiger partial charge in [-0.2, -0.15) is 0 Å². The SMILES string of the molecule is O=C(NCc1ccco1)N1CCCCC1CCO. The zero-order chi connectivity index (χ0) is 12.8. The normalized spacial score (nSPS) is 19.8. The molecule has 2 heterocycles. The Morgan fingerprint density at radius 2 is 2.44 bits per heavy atom. The van der Waals surface area contributed by atoms with E-state index in [0.717, 1.165) is 31.6 Å². The second-order valence-electron chi connectivity index (χ2n) is 4.59. The van der Waals surface area contributed by atoms with E-state index in [1.807, 2.05) is 11.0 Å². The molecule has 0 bridgehead atoms. The van der Waals surface area contributed by atoms with Crippen LogP contribution >= 0.6 is 0 Å². The average Bonchev–Trinajstić information content (AvgIpc) is 2.90. The molecular formula is C13H20N2O3. The van der Waals surface area contributed by atoms with Crippen LogP contribution in [0.25, 0.3) is 0 Å². The molecule has 0 aliphatic carbocycles. The smallest absolute Gasteiger partial charge is 0.318 e. The molecule has 1 unspecified atom stereocenters. The van der Waals surface area contributed by atoms with Crippen LogP contribution in [0.5, 0.6) is 0 Å². The highest BCUT2D eigenvalue weighted by Crippen LogP contribution is 2.19. The van der Waals surface area contributed by atoms with Gasteiger partial charge in [0.1, 0.15) is 5.76 Å². The second-order valence-corrected chi connectivity index (χ2v) is 4.59. The van der Waals surface area contributed by atoms with Crippen LogP contribution in [-0.4, -0.2) is 35.2 Å². The zero-order valence-electron chi connectivity index (χ0n) is 10.5. The zero-order valence-corrected chi connectivity index (χ0v) is 10.5. The first kappa shape index (κ1) is 13.0. The molecule has 0 radical (unpaired) electrons. The Bertz CT molecular complexity index is 362. The van der Waals surface area contributed by atoms with Gasteiger partial charge in [0.2, 0.25) is 0 Å². The van der Waals surface area contributed by atoms with Gasteiger partial charge in [0.25, 0.3) is 0 Å². The van der Waals surface area contributed by atoms with Crippen LogP contribution in [0.4, 0.5) is 4.79 Å². The molecular weight excluding hydrogens is 232 g/mol. The Morgan fingerprint density at radius 1 is 1.56 bits per heavy atom. The van der Waals surface area contributed by atoms with Crippen molar-refractivity contribution in [1.82, 2.24) is 10.2 Å². The minimum absolute atomic E-state index is 0.0652. The summed E-state index contributed by atoms with van der Waals surface area (Å²) in [6, 6.07) is 3.74. The summed E-state index contributed by atoms with van der Waals surface area (Å²) in [6.07, 6.45) is 5.41. The second kappa shape index (κ2) is 6.44. The van der Waals surface area contributed by atoms with Crippen molar-refractivity contribution in [2.24, 2.45) is 0 Å². The molecule has 2 rings (SSSR count). The van der Waals surface area contributed by atoms with Gasteiger partial charge >= 0.3 is 6.03 Å². The monoisotopic (exact) mass is 252 g/mol. The van der Waals surface area contributed by atoms with Crippen LogP contribution in [0.3, 0.4) is 0 Å². The van der Waals surface area contributed by atoms with E-state index < -0.39 is 0 Å². The molecule has 0 spiro atoms. The topological polar surface area (TPSA) is 65.7 Å². The van der Waals surface area contributed by atoms with Crippen LogP contribution in [0.15, 0.2) is 22.8 Å². The maximum atomic E-state index is 12.1. The number of hydrogen-bond acceptors (Lipinski definition) is 3. The number of urea groups is 1. The Labute approximate surface area is 107 Å². The van der Waals surface area contributed by atoms with E-state index >= 15 is 0 Å². The number of carbonyl (C=O) groups excluding carboxylic acids is 1. The highest BCUT2D eigenvalue weighted by atomic mass is 16.3. The fraction of sp³-hybridized carbons (Fsp3) is 0.615. The molecule has 5 heteroatoms. The molecule has 18 heavy (non-hydrogen) atoms. The third kappa shape index (κ3) is 3.26. The van der Waals surface area contributed by atoms with E-state index in [4.69, 9.17) is 9.52 Å². The third-order valence-corrected chi connectivity index (χ3v) is 3.34. The summed E-state index contributed by atoms with van der Waals surface area (Å²) in [5.41, 5.74) is 0. The molecule has 2 N–H and O–H groups in total. The first-order valence-electron chi connectivity index (χ1n) is 6.49. The quantitative estimate of drug-likeness (QED) is 0.857. The van der Waals surface area contributed by atoms with E-state index in [-0.39, 0.29) is 18.7 Å². The number of piperidine rings is 1. The van der Waals surface area contributed by atoms with Crippen molar-refractivity contribution in [2.75, 3.05) is 13.2 Å². The van der Waals surface area contributed by atoms with Gasteiger partial charge in [0.05, 0.1) is 12.8 Å². The van der Waals surface area contributed by atoms with Crippen LogP contribution in [0.1, 0.15) is 31.4 Å². The fourth-order valence-corrected chi connectivity index (χ4v) is 2.39. The molecule has 1 saturated heterocycles. The van der Waals surface area contributed by atoms with Crippen LogP contribution in [0.2, 0.25) is 0 Å². The van der Waals surface area contributed by atoms with Gasteiger partial charge in [-0.05, 0) is 37.8 Å². The van der Waals surface area contributed by atoms with Gasteiger partial charge in [0, 0.05) is 19.2 Å². The Morgan fingerprint density at radius 3 is 3.17 bits per heavy atom. The molecule has 5 nitrogen and oxygen atoms in total. The Balaban J connectivity index is 1.85. The van der Waals surface area contributed by atoms with Crippen LogP contribution in [-0.2, 0) is 6.54 Å². The molecule has 1 fully saturated rings. The lowest BCUT2D eigenvalue weighted by Gasteiger charge is -2.35. The molecule has 1 aromatic heterocycles. The summed E-state index contributed by atoms with van der Waals surface area (Å²) in [6.45, 7) is 1.31. The number of rotatable bonds is 4. The number of carbonyl (C=O) groups is 1. The van der Waals surface area contributed by atoms with Gasteiger partial charge in [-0.25, -0.2) is 4.79 Å². The molecule has 1 aliphatic rings. The number of nitrogens with zero attached hydrogens (tertiary/aromatic N) is 1. The summed E-state index contributed by atoms with van der Waals surface area (Å²) in [4.78, 5) is 13.9. The van der Waals surface area contributed by atoms with E-state index in [9.17, 15) is 4.79 Å². The van der Waals surface area contributed by atoms with Crippen molar-refractivity contribution in [1.29, 1.82) is 0 Å². The largest absolute Gasteiger partial charge is 0.467 e. The number of amides is 2. The third-order valence-electron chi connectivity index (χ3n) is 3.34. The van der Waals surface area contributed by atoms with Crippen molar-refractivity contribution in [3.8, 4) is 0 Å². The maximum absolute atomic E-state index is 12.1. The van der Waals surface area contributed by atoms with Gasteiger partial charge in [-0.1, -0.05) is 0 Å². The summed E-state index contributed by atoms with van der Waals surface area (Å²) in [5, 5.41) is 11.9. The fourth-order valence-electron chi connectivity index (χ4n) is 2.39. The molecule has 2 amide bonds. The van der Waals surface area contributed by atoms with E-state index in [1.165, 1.54) is 0 Å². The minimum Gasteiger partial charge on any atom is -0.467 e. The minimum atomic E-state index is -0.0652. The average molecular weight is 252 g/mol. The molecule has 100 valence electrons. The highest BCUT2D eigenvalue weighted by Gasteiger charge is 2.25. The molecule has 1 aliphatic heterocycles. The van der Waals surface area contributed by atoms with Crippen molar-refractivity contribution in [3.63, 3.8) is 0 Å². The predicted octanol–water partition coefficient (Wildman–Crippen LogP) is 1.73. The summed E-state index contributed by atoms with van der Waals surface area (Å²) in [7, 11) is 0. The van der Waals surface area contributed by atoms with Gasteiger partial charge in [-0.15, -0.1) is 0 Å². The molecule has 0 aromatic carbocycles.